The largest absolute Gasteiger partial charge is 0.395 e. The lowest BCUT2D eigenvalue weighted by Gasteiger charge is -2.20. The summed E-state index contributed by atoms with van der Waals surface area (Å²) < 4.78 is 2.12. The van der Waals surface area contributed by atoms with Crippen LogP contribution in [0.4, 0.5) is 0 Å². The van der Waals surface area contributed by atoms with Crippen molar-refractivity contribution < 1.29 is 5.11 Å². The van der Waals surface area contributed by atoms with Crippen LogP contribution < -0.4 is 0 Å². The molecule has 1 saturated carbocycles. The summed E-state index contributed by atoms with van der Waals surface area (Å²) >= 11 is 0. The molecule has 0 bridgehead atoms. The molecule has 0 radical (unpaired) electrons. The monoisotopic (exact) mass is 286 g/mol. The molecule has 1 aliphatic rings. The molecule has 1 N–H and O–H groups in total. The highest BCUT2D eigenvalue weighted by Crippen LogP contribution is 2.38. The lowest BCUT2D eigenvalue weighted by atomic mass is 10.2. The first-order valence-electron chi connectivity index (χ1n) is 7.53. The lowest BCUT2D eigenvalue weighted by molar-refractivity contribution is 0.180. The van der Waals surface area contributed by atoms with Crippen LogP contribution in [0.15, 0.2) is 30.3 Å². The van der Waals surface area contributed by atoms with Crippen LogP contribution in [0.1, 0.15) is 36.0 Å². The van der Waals surface area contributed by atoms with Crippen LogP contribution in [-0.4, -0.2) is 37.9 Å². The second-order valence-corrected chi connectivity index (χ2v) is 5.73. The summed E-state index contributed by atoms with van der Waals surface area (Å²) in [4.78, 5) is 2.20. The Labute approximate surface area is 125 Å². The van der Waals surface area contributed by atoms with E-state index in [9.17, 15) is 5.11 Å². The molecule has 3 rings (SSSR count). The highest BCUT2D eigenvalue weighted by atomic mass is 16.3. The van der Waals surface area contributed by atoms with Gasteiger partial charge in [0.1, 0.15) is 11.6 Å². The molecule has 0 spiro atoms. The first-order chi connectivity index (χ1) is 10.3. The topological polar surface area (TPSA) is 54.2 Å². The highest BCUT2D eigenvalue weighted by molar-refractivity contribution is 5.14. The van der Waals surface area contributed by atoms with Crippen LogP contribution >= 0.6 is 0 Å². The van der Waals surface area contributed by atoms with Crippen LogP contribution in [0.5, 0.6) is 0 Å². The summed E-state index contributed by atoms with van der Waals surface area (Å²) in [5.41, 5.74) is 1.25. The first kappa shape index (κ1) is 14.2. The maximum Gasteiger partial charge on any atom is 0.146 e. The van der Waals surface area contributed by atoms with Crippen molar-refractivity contribution in [3.05, 3.63) is 47.5 Å². The quantitative estimate of drug-likeness (QED) is 0.841. The molecule has 0 atom stereocenters. The van der Waals surface area contributed by atoms with Crippen molar-refractivity contribution in [2.45, 2.75) is 31.8 Å². The van der Waals surface area contributed by atoms with E-state index in [4.69, 9.17) is 0 Å². The molecule has 5 nitrogen and oxygen atoms in total. The highest BCUT2D eigenvalue weighted by Gasteiger charge is 2.29. The van der Waals surface area contributed by atoms with Crippen molar-refractivity contribution >= 4 is 0 Å². The number of aromatic nitrogens is 3. The van der Waals surface area contributed by atoms with Crippen molar-refractivity contribution in [3.63, 3.8) is 0 Å². The van der Waals surface area contributed by atoms with Gasteiger partial charge < -0.3 is 9.67 Å². The van der Waals surface area contributed by atoms with Crippen molar-refractivity contribution in [1.29, 1.82) is 0 Å². The van der Waals surface area contributed by atoms with Gasteiger partial charge in [-0.25, -0.2) is 0 Å². The number of aliphatic hydroxyl groups excluding tert-OH is 1. The molecule has 1 heterocycles. The second-order valence-electron chi connectivity index (χ2n) is 5.73. The molecule has 1 aromatic heterocycles. The second kappa shape index (κ2) is 6.37. The molecular weight excluding hydrogens is 264 g/mol. The number of hydrogen-bond acceptors (Lipinski definition) is 4. The lowest BCUT2D eigenvalue weighted by Crippen LogP contribution is -2.27. The molecule has 2 aromatic rings. The van der Waals surface area contributed by atoms with Crippen molar-refractivity contribution in [2.24, 2.45) is 7.05 Å². The molecule has 1 fully saturated rings. The molecule has 0 saturated heterocycles. The van der Waals surface area contributed by atoms with Gasteiger partial charge in [0.15, 0.2) is 0 Å². The zero-order chi connectivity index (χ0) is 14.7. The first-order valence-corrected chi connectivity index (χ1v) is 7.53. The molecule has 5 heteroatoms. The molecule has 1 aliphatic carbocycles. The van der Waals surface area contributed by atoms with Crippen molar-refractivity contribution in [3.8, 4) is 0 Å². The summed E-state index contributed by atoms with van der Waals surface area (Å²) in [5.74, 6) is 2.69. The Hall–Kier alpha value is -1.72. The Morgan fingerprint density at radius 2 is 1.95 bits per heavy atom. The fourth-order valence-corrected chi connectivity index (χ4v) is 2.61. The van der Waals surface area contributed by atoms with E-state index in [1.54, 1.807) is 0 Å². The third kappa shape index (κ3) is 3.49. The minimum Gasteiger partial charge on any atom is -0.395 e. The van der Waals surface area contributed by atoms with E-state index in [1.807, 2.05) is 25.2 Å². The zero-order valence-electron chi connectivity index (χ0n) is 12.4. The number of rotatable bonds is 7. The van der Waals surface area contributed by atoms with Crippen LogP contribution in [0.25, 0.3) is 0 Å². The Bertz CT molecular complexity index is 577. The normalized spacial score (nSPS) is 14.8. The van der Waals surface area contributed by atoms with E-state index in [2.05, 4.69) is 31.8 Å². The minimum atomic E-state index is 0.153. The molecular formula is C16H22N4O. The van der Waals surface area contributed by atoms with Gasteiger partial charge in [-0.05, 0) is 18.4 Å². The van der Waals surface area contributed by atoms with E-state index < -0.39 is 0 Å². The summed E-state index contributed by atoms with van der Waals surface area (Å²) in [5, 5.41) is 17.9. The van der Waals surface area contributed by atoms with E-state index in [1.165, 1.54) is 18.4 Å². The van der Waals surface area contributed by atoms with E-state index >= 15 is 0 Å². The van der Waals surface area contributed by atoms with Crippen molar-refractivity contribution in [1.82, 2.24) is 19.7 Å². The van der Waals surface area contributed by atoms with E-state index in [0.29, 0.717) is 19.0 Å². The molecule has 1 aromatic carbocycles. The third-order valence-electron chi connectivity index (χ3n) is 3.97. The summed E-state index contributed by atoms with van der Waals surface area (Å²) in [6.07, 6.45) is 2.46. The SMILES string of the molecule is Cn1c(CN(CCO)Cc2ccccc2)nnc1C1CC1. The summed E-state index contributed by atoms with van der Waals surface area (Å²) in [6.45, 7) is 2.32. The predicted molar refractivity (Wildman–Crippen MR) is 80.6 cm³/mol. The molecule has 0 amide bonds. The summed E-state index contributed by atoms with van der Waals surface area (Å²) in [6, 6.07) is 10.3. The Kier molecular flexibility index (Phi) is 4.31. The van der Waals surface area contributed by atoms with Crippen molar-refractivity contribution in [2.75, 3.05) is 13.2 Å². The molecule has 0 aliphatic heterocycles. The standard InChI is InChI=1S/C16H22N4O/c1-19-15(17-18-16(19)14-7-8-14)12-20(9-10-21)11-13-5-3-2-4-6-13/h2-6,14,21H,7-12H2,1H3. The van der Waals surface area contributed by atoms with Gasteiger partial charge in [-0.2, -0.15) is 0 Å². The third-order valence-corrected chi connectivity index (χ3v) is 3.97. The van der Waals surface area contributed by atoms with Gasteiger partial charge >= 0.3 is 0 Å². The number of hydrogen-bond donors (Lipinski definition) is 1. The van der Waals surface area contributed by atoms with Gasteiger partial charge in [0.05, 0.1) is 13.2 Å². The molecule has 21 heavy (non-hydrogen) atoms. The Morgan fingerprint density at radius 3 is 2.62 bits per heavy atom. The number of benzene rings is 1. The van der Waals surface area contributed by atoms with Gasteiger partial charge in [-0.15, -0.1) is 10.2 Å². The van der Waals surface area contributed by atoms with Gasteiger partial charge in [-0.1, -0.05) is 30.3 Å². The van der Waals surface area contributed by atoms with Gasteiger partial charge in [-0.3, -0.25) is 4.90 Å². The zero-order valence-corrected chi connectivity index (χ0v) is 12.4. The average Bonchev–Trinajstić information content (AvgIpc) is 3.27. The molecule has 112 valence electrons. The van der Waals surface area contributed by atoms with Gasteiger partial charge in [0, 0.05) is 26.1 Å². The number of nitrogens with zero attached hydrogens (tertiary/aromatic N) is 4. The fourth-order valence-electron chi connectivity index (χ4n) is 2.61. The van der Waals surface area contributed by atoms with Crippen LogP contribution in [0, 0.1) is 0 Å². The van der Waals surface area contributed by atoms with Crippen LogP contribution in [0.3, 0.4) is 0 Å². The fraction of sp³-hybridized carbons (Fsp3) is 0.500. The maximum absolute atomic E-state index is 9.28. The minimum absolute atomic E-state index is 0.153. The van der Waals surface area contributed by atoms with Crippen LogP contribution in [-0.2, 0) is 20.1 Å². The summed E-state index contributed by atoms with van der Waals surface area (Å²) in [7, 11) is 2.04. The Balaban J connectivity index is 1.69. The number of aliphatic hydroxyl groups is 1. The van der Waals surface area contributed by atoms with Gasteiger partial charge in [0.2, 0.25) is 0 Å². The van der Waals surface area contributed by atoms with Crippen LogP contribution in [0.2, 0.25) is 0 Å². The predicted octanol–water partition coefficient (Wildman–Crippen LogP) is 1.69. The smallest absolute Gasteiger partial charge is 0.146 e. The molecule has 0 unspecified atom stereocenters. The average molecular weight is 286 g/mol. The maximum atomic E-state index is 9.28. The van der Waals surface area contributed by atoms with Gasteiger partial charge in [0.25, 0.3) is 0 Å². The Morgan fingerprint density at radius 1 is 1.19 bits per heavy atom. The van der Waals surface area contributed by atoms with E-state index in [0.717, 1.165) is 18.2 Å². The van der Waals surface area contributed by atoms with E-state index in [-0.39, 0.29) is 6.61 Å².